The number of nitrogens with zero attached hydrogens (tertiary/aromatic N) is 3. The minimum absolute atomic E-state index is 0.0614. The number of nitrogens with one attached hydrogen (secondary N) is 2. The number of nitriles is 1. The van der Waals surface area contributed by atoms with Crippen LogP contribution in [0.5, 0.6) is 0 Å². The van der Waals surface area contributed by atoms with Gasteiger partial charge in [-0.2, -0.15) is 10.4 Å². The molecule has 0 amide bonds. The van der Waals surface area contributed by atoms with Crippen molar-refractivity contribution in [3.8, 4) is 6.07 Å². The average Bonchev–Trinajstić information content (AvgIpc) is 2.38. The predicted molar refractivity (Wildman–Crippen MR) is 85.4 cm³/mol. The Morgan fingerprint density at radius 2 is 2.14 bits per heavy atom. The van der Waals surface area contributed by atoms with Gasteiger partial charge in [0.05, 0.1) is 9.95 Å². The molecule has 1 rings (SSSR count). The molecule has 0 aliphatic heterocycles. The molecule has 22 heavy (non-hydrogen) atoms. The van der Waals surface area contributed by atoms with Gasteiger partial charge >= 0.3 is 0 Å². The number of nitrogens with two attached hydrogens (primary N) is 1. The zero-order valence-corrected chi connectivity index (χ0v) is 13.0. The van der Waals surface area contributed by atoms with Crippen LogP contribution in [0.3, 0.4) is 0 Å². The molecule has 0 heterocycles. The molecule has 0 aliphatic carbocycles. The first kappa shape index (κ1) is 17.4. The summed E-state index contributed by atoms with van der Waals surface area (Å²) in [5.74, 6) is -0.555. The van der Waals surface area contributed by atoms with Gasteiger partial charge in [-0.3, -0.25) is 20.9 Å². The summed E-state index contributed by atoms with van der Waals surface area (Å²) in [5.41, 5.74) is 7.12. The monoisotopic (exact) mass is 322 g/mol. The molecule has 0 spiro atoms. The first-order valence-electron chi connectivity index (χ1n) is 6.14. The molecule has 0 bridgehead atoms. The third kappa shape index (κ3) is 3.93. The number of halogens is 1. The summed E-state index contributed by atoms with van der Waals surface area (Å²) in [4.78, 5) is 10.6. The lowest BCUT2D eigenvalue weighted by Gasteiger charge is -2.20. The number of hydrazone groups is 1. The third-order valence-electron chi connectivity index (χ3n) is 2.77. The van der Waals surface area contributed by atoms with Gasteiger partial charge in [-0.25, -0.2) is 0 Å². The molecule has 0 radical (unpaired) electrons. The Labute approximate surface area is 132 Å². The number of nitro groups is 1. The Hall–Kier alpha value is -2.66. The van der Waals surface area contributed by atoms with E-state index in [1.807, 2.05) is 20.8 Å². The maximum Gasteiger partial charge on any atom is 0.296 e. The van der Waals surface area contributed by atoms with Crippen LogP contribution in [0, 0.1) is 26.9 Å². The molecule has 4 N–H and O–H groups in total. The zero-order chi connectivity index (χ0) is 17.1. The van der Waals surface area contributed by atoms with Crippen LogP contribution in [0.15, 0.2) is 17.2 Å². The third-order valence-corrected chi connectivity index (χ3v) is 3.07. The van der Waals surface area contributed by atoms with E-state index in [0.29, 0.717) is 5.56 Å². The Morgan fingerprint density at radius 1 is 1.55 bits per heavy atom. The Kier molecular flexibility index (Phi) is 5.06. The second-order valence-corrected chi connectivity index (χ2v) is 5.86. The summed E-state index contributed by atoms with van der Waals surface area (Å²) in [5, 5.41) is 30.8. The molecule has 0 fully saturated rings. The molecule has 8 nitrogen and oxygen atoms in total. The maximum atomic E-state index is 11.2. The normalized spacial score (nSPS) is 11.7. The number of nitro benzene ring substituents is 1. The fourth-order valence-corrected chi connectivity index (χ4v) is 1.79. The topological polar surface area (TPSA) is 141 Å². The number of amidine groups is 1. The van der Waals surface area contributed by atoms with E-state index in [9.17, 15) is 10.1 Å². The molecule has 0 saturated carbocycles. The van der Waals surface area contributed by atoms with Crippen LogP contribution in [0.2, 0.25) is 5.02 Å². The van der Waals surface area contributed by atoms with Crippen LogP contribution in [0.1, 0.15) is 26.3 Å². The van der Waals surface area contributed by atoms with E-state index in [1.54, 1.807) is 12.1 Å². The van der Waals surface area contributed by atoms with Gasteiger partial charge in [0.15, 0.2) is 11.5 Å². The molecule has 0 aliphatic rings. The summed E-state index contributed by atoms with van der Waals surface area (Å²) < 4.78 is 0. The van der Waals surface area contributed by atoms with Gasteiger partial charge in [0.25, 0.3) is 5.69 Å². The van der Waals surface area contributed by atoms with Gasteiger partial charge in [0.2, 0.25) is 5.71 Å². The van der Waals surface area contributed by atoms with E-state index < -0.39 is 16.5 Å². The van der Waals surface area contributed by atoms with Gasteiger partial charge in [0, 0.05) is 6.07 Å². The first-order valence-corrected chi connectivity index (χ1v) is 6.52. The van der Waals surface area contributed by atoms with Crippen molar-refractivity contribution in [1.82, 2.24) is 0 Å². The van der Waals surface area contributed by atoms with Gasteiger partial charge in [-0.1, -0.05) is 32.4 Å². The lowest BCUT2D eigenvalue weighted by atomic mass is 9.86. The van der Waals surface area contributed by atoms with E-state index in [4.69, 9.17) is 28.0 Å². The lowest BCUT2D eigenvalue weighted by molar-refractivity contribution is -0.384. The lowest BCUT2D eigenvalue weighted by Crippen LogP contribution is -2.22. The van der Waals surface area contributed by atoms with Crippen molar-refractivity contribution in [1.29, 1.82) is 10.7 Å². The van der Waals surface area contributed by atoms with E-state index >= 15 is 0 Å². The van der Waals surface area contributed by atoms with Crippen LogP contribution in [0.25, 0.3) is 0 Å². The van der Waals surface area contributed by atoms with Crippen molar-refractivity contribution in [2.24, 2.45) is 10.8 Å². The highest BCUT2D eigenvalue weighted by molar-refractivity contribution is 6.46. The summed E-state index contributed by atoms with van der Waals surface area (Å²) in [7, 11) is 0. The molecule has 0 unspecified atom stereocenters. The van der Waals surface area contributed by atoms with E-state index in [0.717, 1.165) is 0 Å². The Bertz CT molecular complexity index is 700. The van der Waals surface area contributed by atoms with Crippen molar-refractivity contribution in [3.63, 3.8) is 0 Å². The molecule has 116 valence electrons. The summed E-state index contributed by atoms with van der Waals surface area (Å²) in [6.45, 7) is 5.70. The minimum Gasteiger partial charge on any atom is -0.382 e. The standard InChI is InChI=1S/C13H15ClN6O2/c1-13(2,3)7-4-8(14)11(10(5-7)20(21)22)19-18-9(6-15)12(16)17/h4-5,19H,1-3H3,(H3,16,17)/b18-9+. The summed E-state index contributed by atoms with van der Waals surface area (Å²) in [6.07, 6.45) is 0. The van der Waals surface area contributed by atoms with Gasteiger partial charge in [-0.15, -0.1) is 0 Å². The molecular weight excluding hydrogens is 308 g/mol. The average molecular weight is 323 g/mol. The summed E-state index contributed by atoms with van der Waals surface area (Å²) >= 11 is 6.09. The predicted octanol–water partition coefficient (Wildman–Crippen LogP) is 2.77. The van der Waals surface area contributed by atoms with Crippen LogP contribution in [-0.4, -0.2) is 16.5 Å². The molecule has 9 heteroatoms. The molecule has 0 atom stereocenters. The quantitative estimate of drug-likeness (QED) is 0.338. The van der Waals surface area contributed by atoms with E-state index in [1.165, 1.54) is 6.07 Å². The second-order valence-electron chi connectivity index (χ2n) is 5.46. The molecule has 1 aromatic carbocycles. The molecule has 0 saturated heterocycles. The first-order chi connectivity index (χ1) is 10.1. The van der Waals surface area contributed by atoms with Crippen molar-refractivity contribution in [2.75, 3.05) is 5.43 Å². The highest BCUT2D eigenvalue weighted by Crippen LogP contribution is 2.37. The smallest absolute Gasteiger partial charge is 0.296 e. The van der Waals surface area contributed by atoms with Gasteiger partial charge < -0.3 is 5.73 Å². The number of anilines is 1. The van der Waals surface area contributed by atoms with Crippen molar-refractivity contribution in [3.05, 3.63) is 32.8 Å². The Morgan fingerprint density at radius 3 is 2.55 bits per heavy atom. The van der Waals surface area contributed by atoms with Crippen LogP contribution in [0.4, 0.5) is 11.4 Å². The number of hydrogen-bond donors (Lipinski definition) is 3. The highest BCUT2D eigenvalue weighted by Gasteiger charge is 2.24. The largest absolute Gasteiger partial charge is 0.382 e. The highest BCUT2D eigenvalue weighted by atomic mass is 35.5. The van der Waals surface area contributed by atoms with Gasteiger partial charge in [-0.05, 0) is 17.0 Å². The van der Waals surface area contributed by atoms with Crippen molar-refractivity contribution >= 4 is 34.5 Å². The molecule has 1 aromatic rings. The zero-order valence-electron chi connectivity index (χ0n) is 12.3. The minimum atomic E-state index is -0.598. The second kappa shape index (κ2) is 6.41. The molecule has 0 aromatic heterocycles. The number of benzene rings is 1. The van der Waals surface area contributed by atoms with E-state index in [-0.39, 0.29) is 21.8 Å². The van der Waals surface area contributed by atoms with Crippen molar-refractivity contribution < 1.29 is 4.92 Å². The SMILES string of the molecule is CC(C)(C)c1cc(Cl)c(N/N=C(\C#N)C(=N)N)c([N+](=O)[O-])c1. The van der Waals surface area contributed by atoms with Gasteiger partial charge in [0.1, 0.15) is 6.07 Å². The number of rotatable bonds is 4. The number of hydrogen-bond acceptors (Lipinski definition) is 6. The summed E-state index contributed by atoms with van der Waals surface area (Å²) in [6, 6.07) is 4.58. The fraction of sp³-hybridized carbons (Fsp3) is 0.308. The van der Waals surface area contributed by atoms with Crippen LogP contribution >= 0.6 is 11.6 Å². The maximum absolute atomic E-state index is 11.2. The van der Waals surface area contributed by atoms with Crippen molar-refractivity contribution in [2.45, 2.75) is 26.2 Å². The fourth-order valence-electron chi connectivity index (χ4n) is 1.54. The molecular formula is C13H15ClN6O2. The Balaban J connectivity index is 3.40. The van der Waals surface area contributed by atoms with Crippen LogP contribution < -0.4 is 11.2 Å². The van der Waals surface area contributed by atoms with E-state index in [2.05, 4.69) is 10.5 Å². The van der Waals surface area contributed by atoms with Crippen LogP contribution in [-0.2, 0) is 5.41 Å².